The van der Waals surface area contributed by atoms with Crippen LogP contribution in [0.15, 0.2) is 76.6 Å². The number of fused-ring (bicyclic) bond motifs is 2. The first-order valence-corrected chi connectivity index (χ1v) is 12.8. The maximum atomic E-state index is 13.3. The molecule has 5 rings (SSSR count). The van der Waals surface area contributed by atoms with Crippen LogP contribution in [0.2, 0.25) is 0 Å². The molecule has 0 aromatic heterocycles. The lowest BCUT2D eigenvalue weighted by atomic mass is 10.1. The Morgan fingerprint density at radius 2 is 1.76 bits per heavy atom. The lowest BCUT2D eigenvalue weighted by Crippen LogP contribution is -2.37. The molecule has 34 heavy (non-hydrogen) atoms. The first kappa shape index (κ1) is 22.4. The van der Waals surface area contributed by atoms with E-state index in [1.54, 1.807) is 29.6 Å². The quantitative estimate of drug-likeness (QED) is 0.552. The van der Waals surface area contributed by atoms with E-state index in [4.69, 9.17) is 14.5 Å². The van der Waals surface area contributed by atoms with Crippen molar-refractivity contribution >= 4 is 21.5 Å². The van der Waals surface area contributed by atoms with Gasteiger partial charge in [0.25, 0.3) is 0 Å². The van der Waals surface area contributed by atoms with Gasteiger partial charge in [-0.3, -0.25) is 0 Å². The van der Waals surface area contributed by atoms with Crippen LogP contribution < -0.4 is 9.47 Å². The van der Waals surface area contributed by atoms with Gasteiger partial charge in [0.1, 0.15) is 11.5 Å². The van der Waals surface area contributed by atoms with Crippen molar-refractivity contribution < 1.29 is 17.9 Å². The average molecular weight is 478 g/mol. The highest BCUT2D eigenvalue weighted by atomic mass is 32.2. The Balaban J connectivity index is 1.49. The summed E-state index contributed by atoms with van der Waals surface area (Å²) in [5.41, 5.74) is 2.48. The molecular weight excluding hydrogens is 450 g/mol. The minimum Gasteiger partial charge on any atom is -0.493 e. The van der Waals surface area contributed by atoms with E-state index in [0.29, 0.717) is 54.7 Å². The molecule has 0 saturated carbocycles. The molecule has 1 saturated heterocycles. The summed E-state index contributed by atoms with van der Waals surface area (Å²) in [5.74, 6) is 2.65. The molecule has 0 aliphatic carbocycles. The van der Waals surface area contributed by atoms with Crippen molar-refractivity contribution in [2.75, 3.05) is 33.3 Å². The fraction of sp³-hybridized carbons (Fsp3) is 0.269. The summed E-state index contributed by atoms with van der Waals surface area (Å²) in [6.45, 7) is 3.93. The van der Waals surface area contributed by atoms with Gasteiger partial charge in [-0.15, -0.1) is 0 Å². The molecule has 176 valence electrons. The van der Waals surface area contributed by atoms with Crippen molar-refractivity contribution in [1.29, 1.82) is 0 Å². The van der Waals surface area contributed by atoms with Gasteiger partial charge >= 0.3 is 0 Å². The van der Waals surface area contributed by atoms with E-state index in [-0.39, 0.29) is 0 Å². The third-order valence-corrected chi connectivity index (χ3v) is 8.02. The normalized spacial score (nSPS) is 16.4. The smallest absolute Gasteiger partial charge is 0.243 e. The molecule has 0 unspecified atom stereocenters. The molecule has 0 radical (unpaired) electrons. The van der Waals surface area contributed by atoms with E-state index in [2.05, 4.69) is 4.90 Å². The Hall–Kier alpha value is -3.36. The largest absolute Gasteiger partial charge is 0.493 e. The van der Waals surface area contributed by atoms with Gasteiger partial charge in [-0.2, -0.15) is 4.31 Å². The van der Waals surface area contributed by atoms with Crippen LogP contribution in [0, 0.1) is 6.92 Å². The van der Waals surface area contributed by atoms with Gasteiger partial charge < -0.3 is 14.4 Å². The average Bonchev–Trinajstić information content (AvgIpc) is 3.19. The number of benzene rings is 3. The third-order valence-electron chi connectivity index (χ3n) is 6.13. The zero-order valence-corrected chi connectivity index (χ0v) is 20.1. The molecule has 3 aromatic carbocycles. The van der Waals surface area contributed by atoms with Gasteiger partial charge in [0.05, 0.1) is 17.6 Å². The highest BCUT2D eigenvalue weighted by Gasteiger charge is 2.30. The lowest BCUT2D eigenvalue weighted by Gasteiger charge is -2.25. The number of amidine groups is 1. The first-order chi connectivity index (χ1) is 16.5. The molecule has 2 aliphatic rings. The second-order valence-corrected chi connectivity index (χ2v) is 10.3. The van der Waals surface area contributed by atoms with E-state index < -0.39 is 10.0 Å². The molecule has 8 heteroatoms. The van der Waals surface area contributed by atoms with Gasteiger partial charge in [0.15, 0.2) is 17.2 Å². The third kappa shape index (κ3) is 4.15. The zero-order valence-electron chi connectivity index (χ0n) is 19.3. The maximum absolute atomic E-state index is 13.3. The van der Waals surface area contributed by atoms with Gasteiger partial charge in [0.2, 0.25) is 10.0 Å². The highest BCUT2D eigenvalue weighted by Crippen LogP contribution is 2.42. The van der Waals surface area contributed by atoms with E-state index in [1.807, 2.05) is 55.5 Å². The predicted octanol–water partition coefficient (Wildman–Crippen LogP) is 4.58. The molecule has 3 aromatic rings. The number of hydrogen-bond acceptors (Lipinski definition) is 6. The van der Waals surface area contributed by atoms with Crippen LogP contribution in [-0.4, -0.2) is 56.7 Å². The maximum Gasteiger partial charge on any atom is 0.243 e. The lowest BCUT2D eigenvalue weighted by molar-refractivity contribution is 0.378. The van der Waals surface area contributed by atoms with Crippen LogP contribution in [0.25, 0.3) is 0 Å². The Kier molecular flexibility index (Phi) is 6.02. The Labute approximate surface area is 200 Å². The number of para-hydroxylation sites is 3. The topological polar surface area (TPSA) is 71.4 Å². The van der Waals surface area contributed by atoms with Crippen LogP contribution in [0.3, 0.4) is 0 Å². The van der Waals surface area contributed by atoms with Crippen LogP contribution in [0.5, 0.6) is 17.2 Å². The number of methoxy groups -OCH3 is 1. The second-order valence-electron chi connectivity index (χ2n) is 8.40. The van der Waals surface area contributed by atoms with Gasteiger partial charge in [0, 0.05) is 26.2 Å². The molecule has 0 atom stereocenters. The summed E-state index contributed by atoms with van der Waals surface area (Å²) < 4.78 is 40.0. The molecule has 0 N–H and O–H groups in total. The molecular formula is C26H27N3O4S. The number of aryl methyl sites for hydroxylation is 1. The molecule has 2 aliphatic heterocycles. The number of hydrogen-bond donors (Lipinski definition) is 0. The summed E-state index contributed by atoms with van der Waals surface area (Å²) in [4.78, 5) is 7.46. The number of sulfonamides is 1. The van der Waals surface area contributed by atoms with Crippen LogP contribution >= 0.6 is 0 Å². The summed E-state index contributed by atoms with van der Waals surface area (Å²) in [6, 6.07) is 20.5. The molecule has 0 spiro atoms. The van der Waals surface area contributed by atoms with E-state index in [1.165, 1.54) is 0 Å². The van der Waals surface area contributed by atoms with E-state index >= 15 is 0 Å². The standard InChI is InChI=1S/C26H27N3O4S/c1-19-8-5-9-20(18-19)34(30,31)29-15-7-14-28(16-17-29)26-21-10-6-13-24(32-2)25(21)33-23-12-4-3-11-22(23)27-26/h3-6,8-13,18H,7,14-17H2,1-2H3. The highest BCUT2D eigenvalue weighted by molar-refractivity contribution is 7.89. The predicted molar refractivity (Wildman–Crippen MR) is 132 cm³/mol. The molecule has 0 amide bonds. The SMILES string of the molecule is COc1cccc2c1Oc1ccccc1N=C2N1CCCN(S(=O)(=O)c2cccc(C)c2)CC1. The molecule has 1 fully saturated rings. The van der Waals surface area contributed by atoms with Crippen molar-refractivity contribution in [3.8, 4) is 17.2 Å². The van der Waals surface area contributed by atoms with Crippen LogP contribution in [0.4, 0.5) is 5.69 Å². The first-order valence-electron chi connectivity index (χ1n) is 11.3. The zero-order chi connectivity index (χ0) is 23.7. The van der Waals surface area contributed by atoms with Gasteiger partial charge in [-0.1, -0.05) is 30.3 Å². The van der Waals surface area contributed by atoms with E-state index in [0.717, 1.165) is 22.6 Å². The number of nitrogens with zero attached hydrogens (tertiary/aromatic N) is 3. The summed E-state index contributed by atoms with van der Waals surface area (Å²) in [5, 5.41) is 0. The van der Waals surface area contributed by atoms with Crippen molar-refractivity contribution in [3.63, 3.8) is 0 Å². The Morgan fingerprint density at radius 1 is 0.941 bits per heavy atom. The van der Waals surface area contributed by atoms with E-state index in [9.17, 15) is 8.42 Å². The number of aliphatic imine (C=N–C) groups is 1. The van der Waals surface area contributed by atoms with Gasteiger partial charge in [-0.05, 0) is 55.3 Å². The van der Waals surface area contributed by atoms with Crippen molar-refractivity contribution in [2.45, 2.75) is 18.2 Å². The van der Waals surface area contributed by atoms with Crippen LogP contribution in [0.1, 0.15) is 17.5 Å². The fourth-order valence-electron chi connectivity index (χ4n) is 4.39. The van der Waals surface area contributed by atoms with Crippen LogP contribution in [-0.2, 0) is 10.0 Å². The van der Waals surface area contributed by atoms with Gasteiger partial charge in [-0.25, -0.2) is 13.4 Å². The second kappa shape index (κ2) is 9.12. The monoisotopic (exact) mass is 477 g/mol. The molecule has 0 bridgehead atoms. The summed E-state index contributed by atoms with van der Waals surface area (Å²) >= 11 is 0. The van der Waals surface area contributed by atoms with Crippen molar-refractivity contribution in [1.82, 2.24) is 9.21 Å². The molecule has 2 heterocycles. The number of rotatable bonds is 3. The fourth-order valence-corrected chi connectivity index (χ4v) is 5.96. The minimum absolute atomic E-state index is 0.338. The number of ether oxygens (including phenoxy) is 2. The van der Waals surface area contributed by atoms with Crippen molar-refractivity contribution in [3.05, 3.63) is 77.9 Å². The minimum atomic E-state index is -3.57. The van der Waals surface area contributed by atoms with Crippen molar-refractivity contribution in [2.24, 2.45) is 4.99 Å². The summed E-state index contributed by atoms with van der Waals surface area (Å²) in [7, 11) is -1.95. The Bertz CT molecular complexity index is 1350. The summed E-state index contributed by atoms with van der Waals surface area (Å²) in [6.07, 6.45) is 0.686. The Morgan fingerprint density at radius 3 is 2.59 bits per heavy atom. The molecule has 7 nitrogen and oxygen atoms in total.